The average Bonchev–Trinajstić information content (AvgIpc) is 3.25. The van der Waals surface area contributed by atoms with Gasteiger partial charge in [0.1, 0.15) is 5.52 Å². The first-order valence-electron chi connectivity index (χ1n) is 9.30. The number of hydrogen-bond acceptors (Lipinski definition) is 4. The number of imidazole rings is 1. The molecular weight excluding hydrogens is 298 g/mol. The molecule has 0 radical (unpaired) electrons. The molecule has 0 saturated heterocycles. The Kier molecular flexibility index (Phi) is 4.38. The lowest BCUT2D eigenvalue weighted by molar-refractivity contribution is 0.365. The van der Waals surface area contributed by atoms with Crippen molar-refractivity contribution in [2.24, 2.45) is 5.92 Å². The quantitative estimate of drug-likeness (QED) is 0.852. The highest BCUT2D eigenvalue weighted by molar-refractivity contribution is 5.82. The first-order chi connectivity index (χ1) is 11.8. The van der Waals surface area contributed by atoms with E-state index in [0.29, 0.717) is 23.2 Å². The maximum Gasteiger partial charge on any atom is 0.208 e. The van der Waals surface area contributed by atoms with Gasteiger partial charge in [-0.2, -0.15) is 0 Å². The van der Waals surface area contributed by atoms with E-state index in [4.69, 9.17) is 5.73 Å². The molecule has 2 fully saturated rings. The van der Waals surface area contributed by atoms with Gasteiger partial charge in [0.05, 0.1) is 6.33 Å². The molecule has 2 N–H and O–H groups in total. The van der Waals surface area contributed by atoms with Gasteiger partial charge in [-0.3, -0.25) is 0 Å². The number of aromatic nitrogens is 4. The summed E-state index contributed by atoms with van der Waals surface area (Å²) in [5.41, 5.74) is 7.64. The summed E-state index contributed by atoms with van der Waals surface area (Å²) in [5.74, 6) is 8.15. The van der Waals surface area contributed by atoms with Crippen molar-refractivity contribution >= 4 is 17.0 Å². The zero-order valence-electron chi connectivity index (χ0n) is 14.2. The van der Waals surface area contributed by atoms with Crippen LogP contribution < -0.4 is 5.73 Å². The summed E-state index contributed by atoms with van der Waals surface area (Å²) in [6, 6.07) is 0.493. The molecule has 2 aliphatic rings. The second-order valence-electron chi connectivity index (χ2n) is 7.20. The highest BCUT2D eigenvalue weighted by atomic mass is 15.2. The molecule has 126 valence electrons. The lowest BCUT2D eigenvalue weighted by atomic mass is 9.87. The van der Waals surface area contributed by atoms with E-state index in [0.717, 1.165) is 18.0 Å². The molecule has 0 atom stereocenters. The number of nitrogens with two attached hydrogens (primary N) is 1. The molecule has 0 amide bonds. The van der Waals surface area contributed by atoms with Crippen molar-refractivity contribution in [3.05, 3.63) is 12.2 Å². The highest BCUT2D eigenvalue weighted by Gasteiger charge is 2.21. The third-order valence-corrected chi connectivity index (χ3v) is 5.48. The Morgan fingerprint density at radius 3 is 2.58 bits per heavy atom. The van der Waals surface area contributed by atoms with E-state index < -0.39 is 0 Å². The number of fused-ring (bicyclic) bond motifs is 1. The standard InChI is InChI=1S/C19H25N5/c20-18-17-19(24(13-21-17)15-10-4-5-11-15)23-16(22-18)12-6-9-14-7-2-1-3-8-14/h13-15H,1-5,7-11H2,(H2,20,22,23). The summed E-state index contributed by atoms with van der Waals surface area (Å²) in [5, 5.41) is 0. The van der Waals surface area contributed by atoms with Crippen molar-refractivity contribution in [1.82, 2.24) is 19.5 Å². The maximum atomic E-state index is 6.09. The van der Waals surface area contributed by atoms with E-state index in [2.05, 4.69) is 31.4 Å². The molecule has 0 aromatic carbocycles. The van der Waals surface area contributed by atoms with E-state index in [-0.39, 0.29) is 0 Å². The predicted octanol–water partition coefficient (Wildman–Crippen LogP) is 3.85. The summed E-state index contributed by atoms with van der Waals surface area (Å²) in [6.07, 6.45) is 14.5. The van der Waals surface area contributed by atoms with Crippen molar-refractivity contribution in [2.45, 2.75) is 70.3 Å². The van der Waals surface area contributed by atoms with Crippen LogP contribution in [0.15, 0.2) is 6.33 Å². The fraction of sp³-hybridized carbons (Fsp3) is 0.632. The lowest BCUT2D eigenvalue weighted by Crippen LogP contribution is -2.06. The minimum absolute atomic E-state index is 0.443. The molecule has 2 aromatic rings. The van der Waals surface area contributed by atoms with Crippen LogP contribution in [0.5, 0.6) is 0 Å². The second-order valence-corrected chi connectivity index (χ2v) is 7.20. The average molecular weight is 323 g/mol. The number of anilines is 1. The number of rotatable bonds is 2. The van der Waals surface area contributed by atoms with E-state index in [9.17, 15) is 0 Å². The molecule has 2 aliphatic carbocycles. The van der Waals surface area contributed by atoms with Crippen LogP contribution >= 0.6 is 0 Å². The highest BCUT2D eigenvalue weighted by Crippen LogP contribution is 2.32. The third-order valence-electron chi connectivity index (χ3n) is 5.48. The minimum Gasteiger partial charge on any atom is -0.382 e. The van der Waals surface area contributed by atoms with Gasteiger partial charge in [0.25, 0.3) is 0 Å². The van der Waals surface area contributed by atoms with Crippen LogP contribution in [0.1, 0.15) is 76.1 Å². The Morgan fingerprint density at radius 1 is 1.04 bits per heavy atom. The van der Waals surface area contributed by atoms with Crippen molar-refractivity contribution in [3.63, 3.8) is 0 Å². The van der Waals surface area contributed by atoms with Crippen LogP contribution in [-0.4, -0.2) is 19.5 Å². The molecule has 24 heavy (non-hydrogen) atoms. The van der Waals surface area contributed by atoms with Gasteiger partial charge in [0.15, 0.2) is 11.5 Å². The summed E-state index contributed by atoms with van der Waals surface area (Å²) in [4.78, 5) is 13.4. The van der Waals surface area contributed by atoms with Gasteiger partial charge >= 0.3 is 0 Å². The van der Waals surface area contributed by atoms with Crippen LogP contribution in [0.3, 0.4) is 0 Å². The molecule has 2 heterocycles. The molecule has 0 unspecified atom stereocenters. The monoisotopic (exact) mass is 323 g/mol. The van der Waals surface area contributed by atoms with Crippen molar-refractivity contribution < 1.29 is 0 Å². The Hall–Kier alpha value is -2.09. The third kappa shape index (κ3) is 3.10. The van der Waals surface area contributed by atoms with Gasteiger partial charge in [0, 0.05) is 12.5 Å². The normalized spacial score (nSPS) is 19.5. The molecule has 2 saturated carbocycles. The molecule has 4 rings (SSSR count). The zero-order chi connectivity index (χ0) is 16.4. The molecule has 0 bridgehead atoms. The van der Waals surface area contributed by atoms with Crippen molar-refractivity contribution in [2.75, 3.05) is 5.73 Å². The van der Waals surface area contributed by atoms with E-state index in [1.54, 1.807) is 0 Å². The SMILES string of the molecule is Nc1nc(C#CCC2CCCCC2)nc2c1ncn2C1CCCC1. The fourth-order valence-electron chi connectivity index (χ4n) is 4.11. The molecular formula is C19H25N5. The lowest BCUT2D eigenvalue weighted by Gasteiger charge is -2.18. The summed E-state index contributed by atoms with van der Waals surface area (Å²) in [6.45, 7) is 0. The smallest absolute Gasteiger partial charge is 0.208 e. The Morgan fingerprint density at radius 2 is 1.79 bits per heavy atom. The molecule has 0 spiro atoms. The molecule has 2 aromatic heterocycles. The summed E-state index contributed by atoms with van der Waals surface area (Å²) in [7, 11) is 0. The van der Waals surface area contributed by atoms with E-state index >= 15 is 0 Å². The van der Waals surface area contributed by atoms with Gasteiger partial charge in [-0.1, -0.05) is 38.0 Å². The van der Waals surface area contributed by atoms with Crippen molar-refractivity contribution in [1.29, 1.82) is 0 Å². The molecule has 0 aliphatic heterocycles. The van der Waals surface area contributed by atoms with Crippen LogP contribution in [0.2, 0.25) is 0 Å². The summed E-state index contributed by atoms with van der Waals surface area (Å²) >= 11 is 0. The van der Waals surface area contributed by atoms with E-state index in [1.807, 2.05) is 6.33 Å². The summed E-state index contributed by atoms with van der Waals surface area (Å²) < 4.78 is 2.17. The van der Waals surface area contributed by atoms with Crippen LogP contribution in [-0.2, 0) is 0 Å². The Balaban J connectivity index is 1.58. The van der Waals surface area contributed by atoms with Gasteiger partial charge < -0.3 is 10.3 Å². The maximum absolute atomic E-state index is 6.09. The van der Waals surface area contributed by atoms with E-state index in [1.165, 1.54) is 57.8 Å². The fourth-order valence-corrected chi connectivity index (χ4v) is 4.11. The van der Waals surface area contributed by atoms with Gasteiger partial charge in [-0.15, -0.1) is 0 Å². The largest absolute Gasteiger partial charge is 0.382 e. The van der Waals surface area contributed by atoms with Crippen LogP contribution in [0.4, 0.5) is 5.82 Å². The minimum atomic E-state index is 0.443. The predicted molar refractivity (Wildman–Crippen MR) is 95.3 cm³/mol. The number of nitrogen functional groups attached to an aromatic ring is 1. The van der Waals surface area contributed by atoms with Crippen LogP contribution in [0.25, 0.3) is 11.2 Å². The Labute approximate surface area is 143 Å². The first-order valence-corrected chi connectivity index (χ1v) is 9.30. The van der Waals surface area contributed by atoms with Gasteiger partial charge in [-0.05, 0) is 37.5 Å². The second kappa shape index (κ2) is 6.80. The Bertz CT molecular complexity index is 770. The topological polar surface area (TPSA) is 69.6 Å². The van der Waals surface area contributed by atoms with Gasteiger partial charge in [-0.25, -0.2) is 15.0 Å². The zero-order valence-corrected chi connectivity index (χ0v) is 14.2. The molecule has 5 heteroatoms. The van der Waals surface area contributed by atoms with Gasteiger partial charge in [0.2, 0.25) is 5.82 Å². The van der Waals surface area contributed by atoms with Crippen LogP contribution in [0, 0.1) is 17.8 Å². The first kappa shape index (κ1) is 15.4. The number of hydrogen-bond donors (Lipinski definition) is 1. The van der Waals surface area contributed by atoms with Crippen molar-refractivity contribution in [3.8, 4) is 11.8 Å². The number of nitrogens with zero attached hydrogens (tertiary/aromatic N) is 4. The molecule has 5 nitrogen and oxygen atoms in total.